The minimum Gasteiger partial charge on any atom is -0.335 e. The van der Waals surface area contributed by atoms with Crippen LogP contribution in [0.1, 0.15) is 24.6 Å². The fraction of sp³-hybridized carbons (Fsp3) is 0.467. The van der Waals surface area contributed by atoms with Crippen molar-refractivity contribution < 1.29 is 4.79 Å². The van der Waals surface area contributed by atoms with Crippen molar-refractivity contribution in [3.05, 3.63) is 41.1 Å². The van der Waals surface area contributed by atoms with E-state index in [1.807, 2.05) is 28.7 Å². The van der Waals surface area contributed by atoms with E-state index in [-0.39, 0.29) is 12.1 Å². The van der Waals surface area contributed by atoms with Crippen LogP contribution < -0.4 is 5.32 Å². The maximum atomic E-state index is 12.5. The summed E-state index contributed by atoms with van der Waals surface area (Å²) in [5.41, 5.74) is 0. The van der Waals surface area contributed by atoms with Gasteiger partial charge in [-0.05, 0) is 31.2 Å². The van der Waals surface area contributed by atoms with Crippen molar-refractivity contribution >= 4 is 17.4 Å². The normalized spacial score (nSPS) is 15.7. The minimum atomic E-state index is 0.0403. The Balaban J connectivity index is 1.56. The number of carbonyl (C=O) groups is 1. The molecule has 1 atom stereocenters. The first-order valence-corrected chi connectivity index (χ1v) is 8.15. The van der Waals surface area contributed by atoms with Crippen molar-refractivity contribution in [2.45, 2.75) is 44.9 Å². The molecule has 1 N–H and O–H groups in total. The summed E-state index contributed by atoms with van der Waals surface area (Å²) in [5, 5.41) is 5.15. The molecule has 1 aliphatic carbocycles. The van der Waals surface area contributed by atoms with E-state index in [1.165, 1.54) is 4.88 Å². The lowest BCUT2D eigenvalue weighted by Gasteiger charge is -2.25. The monoisotopic (exact) mass is 304 g/mol. The molecule has 0 aliphatic heterocycles. The molecule has 0 aromatic carbocycles. The molecule has 2 aromatic rings. The molecule has 0 bridgehead atoms. The van der Waals surface area contributed by atoms with Crippen molar-refractivity contribution in [1.82, 2.24) is 19.8 Å². The van der Waals surface area contributed by atoms with Gasteiger partial charge in [0.2, 0.25) is 0 Å². The molecular weight excluding hydrogens is 284 g/mol. The number of thiophene rings is 1. The number of urea groups is 1. The number of rotatable bonds is 6. The predicted octanol–water partition coefficient (Wildman–Crippen LogP) is 2.71. The van der Waals surface area contributed by atoms with E-state index in [2.05, 4.69) is 21.7 Å². The van der Waals surface area contributed by atoms with E-state index >= 15 is 0 Å². The van der Waals surface area contributed by atoms with Gasteiger partial charge in [-0.2, -0.15) is 0 Å². The van der Waals surface area contributed by atoms with Crippen LogP contribution in [-0.2, 0) is 13.1 Å². The van der Waals surface area contributed by atoms with Gasteiger partial charge in [-0.25, -0.2) is 9.78 Å². The number of hydrogen-bond acceptors (Lipinski definition) is 3. The van der Waals surface area contributed by atoms with Crippen LogP contribution in [0, 0.1) is 0 Å². The Labute approximate surface area is 128 Å². The molecule has 21 heavy (non-hydrogen) atoms. The molecule has 112 valence electrons. The maximum Gasteiger partial charge on any atom is 0.318 e. The summed E-state index contributed by atoms with van der Waals surface area (Å²) >= 11 is 1.70. The second-order valence-electron chi connectivity index (χ2n) is 5.55. The Morgan fingerprint density at radius 2 is 2.48 bits per heavy atom. The quantitative estimate of drug-likeness (QED) is 0.892. The van der Waals surface area contributed by atoms with E-state index in [1.54, 1.807) is 23.9 Å². The number of aromatic nitrogens is 2. The Morgan fingerprint density at radius 3 is 3.10 bits per heavy atom. The molecular formula is C15H20N4OS. The van der Waals surface area contributed by atoms with Crippen molar-refractivity contribution in [1.29, 1.82) is 0 Å². The molecule has 6 heteroatoms. The van der Waals surface area contributed by atoms with Crippen molar-refractivity contribution in [2.24, 2.45) is 0 Å². The Hall–Kier alpha value is -1.82. The lowest BCUT2D eigenvalue weighted by atomic mass is 10.3. The zero-order valence-corrected chi connectivity index (χ0v) is 12.9. The summed E-state index contributed by atoms with van der Waals surface area (Å²) in [6.07, 6.45) is 7.67. The van der Waals surface area contributed by atoms with Crippen LogP contribution >= 0.6 is 11.3 Å². The van der Waals surface area contributed by atoms with Crippen molar-refractivity contribution in [3.8, 4) is 0 Å². The Kier molecular flexibility index (Phi) is 4.24. The average Bonchev–Trinajstić information content (AvgIpc) is 2.94. The number of imidazole rings is 1. The summed E-state index contributed by atoms with van der Waals surface area (Å²) in [7, 11) is 0. The first-order valence-electron chi connectivity index (χ1n) is 7.27. The Morgan fingerprint density at radius 1 is 1.62 bits per heavy atom. The van der Waals surface area contributed by atoms with Gasteiger partial charge in [0.15, 0.2) is 0 Å². The molecule has 2 amide bonds. The fourth-order valence-corrected chi connectivity index (χ4v) is 3.08. The summed E-state index contributed by atoms with van der Waals surface area (Å²) in [6.45, 7) is 3.48. The van der Waals surface area contributed by atoms with E-state index in [4.69, 9.17) is 0 Å². The van der Waals surface area contributed by atoms with E-state index in [0.29, 0.717) is 12.6 Å². The predicted molar refractivity (Wildman–Crippen MR) is 83.1 cm³/mol. The number of carbonyl (C=O) groups excluding carboxylic acids is 1. The Bertz CT molecular complexity index is 563. The molecule has 2 aromatic heterocycles. The molecule has 0 spiro atoms. The molecule has 1 saturated carbocycles. The lowest BCUT2D eigenvalue weighted by molar-refractivity contribution is 0.188. The molecule has 1 fully saturated rings. The first-order chi connectivity index (χ1) is 10.2. The average molecular weight is 304 g/mol. The highest BCUT2D eigenvalue weighted by Crippen LogP contribution is 2.29. The lowest BCUT2D eigenvalue weighted by Crippen LogP contribution is -2.45. The van der Waals surface area contributed by atoms with E-state index < -0.39 is 0 Å². The third kappa shape index (κ3) is 3.85. The van der Waals surface area contributed by atoms with Crippen LogP contribution in [0.4, 0.5) is 4.79 Å². The number of amides is 2. The largest absolute Gasteiger partial charge is 0.335 e. The maximum absolute atomic E-state index is 12.5. The summed E-state index contributed by atoms with van der Waals surface area (Å²) in [6, 6.07) is 4.65. The zero-order chi connectivity index (χ0) is 14.7. The van der Waals surface area contributed by atoms with Gasteiger partial charge in [0, 0.05) is 35.9 Å². The van der Waals surface area contributed by atoms with Crippen LogP contribution in [0.5, 0.6) is 0 Å². The van der Waals surface area contributed by atoms with E-state index in [0.717, 1.165) is 19.4 Å². The molecule has 0 unspecified atom stereocenters. The molecule has 3 rings (SSSR count). The van der Waals surface area contributed by atoms with Gasteiger partial charge < -0.3 is 14.8 Å². The van der Waals surface area contributed by atoms with Crippen LogP contribution in [-0.4, -0.2) is 32.6 Å². The van der Waals surface area contributed by atoms with Crippen molar-refractivity contribution in [2.75, 3.05) is 0 Å². The van der Waals surface area contributed by atoms with Gasteiger partial charge in [0.1, 0.15) is 0 Å². The summed E-state index contributed by atoms with van der Waals surface area (Å²) in [5.74, 6) is 0. The van der Waals surface area contributed by atoms with Gasteiger partial charge >= 0.3 is 6.03 Å². The highest BCUT2D eigenvalue weighted by Gasteiger charge is 2.33. The second-order valence-corrected chi connectivity index (χ2v) is 6.58. The van der Waals surface area contributed by atoms with Crippen LogP contribution in [0.3, 0.4) is 0 Å². The highest BCUT2D eigenvalue weighted by molar-refractivity contribution is 7.09. The summed E-state index contributed by atoms with van der Waals surface area (Å²) in [4.78, 5) is 19.7. The van der Waals surface area contributed by atoms with Gasteiger partial charge in [-0.3, -0.25) is 0 Å². The van der Waals surface area contributed by atoms with Gasteiger partial charge in [0.05, 0.1) is 12.9 Å². The van der Waals surface area contributed by atoms with Gasteiger partial charge in [-0.1, -0.05) is 6.07 Å². The standard InChI is InChI=1S/C15H20N4OS/c1-12(9-18-7-6-16-11-18)17-15(20)19(13-4-5-13)10-14-3-2-8-21-14/h2-3,6-8,11-13H,4-5,9-10H2,1H3,(H,17,20)/t12-/m0/s1. The van der Waals surface area contributed by atoms with Crippen LogP contribution in [0.25, 0.3) is 0 Å². The number of nitrogens with zero attached hydrogens (tertiary/aromatic N) is 3. The first kappa shape index (κ1) is 14.1. The third-order valence-electron chi connectivity index (χ3n) is 3.57. The van der Waals surface area contributed by atoms with Gasteiger partial charge in [-0.15, -0.1) is 11.3 Å². The van der Waals surface area contributed by atoms with Crippen LogP contribution in [0.15, 0.2) is 36.2 Å². The molecule has 2 heterocycles. The number of nitrogens with one attached hydrogen (secondary N) is 1. The third-order valence-corrected chi connectivity index (χ3v) is 4.43. The zero-order valence-electron chi connectivity index (χ0n) is 12.1. The topological polar surface area (TPSA) is 50.2 Å². The fourth-order valence-electron chi connectivity index (χ4n) is 2.37. The second kappa shape index (κ2) is 6.30. The van der Waals surface area contributed by atoms with Gasteiger partial charge in [0.25, 0.3) is 0 Å². The SMILES string of the molecule is C[C@@H](Cn1ccnc1)NC(=O)N(Cc1cccs1)C1CC1. The molecule has 5 nitrogen and oxygen atoms in total. The smallest absolute Gasteiger partial charge is 0.318 e. The van der Waals surface area contributed by atoms with Crippen LogP contribution in [0.2, 0.25) is 0 Å². The highest BCUT2D eigenvalue weighted by atomic mass is 32.1. The molecule has 0 radical (unpaired) electrons. The minimum absolute atomic E-state index is 0.0403. The molecule has 0 saturated heterocycles. The van der Waals surface area contributed by atoms with Crippen molar-refractivity contribution in [3.63, 3.8) is 0 Å². The molecule has 1 aliphatic rings. The van der Waals surface area contributed by atoms with E-state index in [9.17, 15) is 4.79 Å². The summed E-state index contributed by atoms with van der Waals surface area (Å²) < 4.78 is 1.98. The number of hydrogen-bond donors (Lipinski definition) is 1.